The predicted octanol–water partition coefficient (Wildman–Crippen LogP) is -0.770. The smallest absolute Gasteiger partial charge is 0.349 e. The Morgan fingerprint density at radius 2 is 2.38 bits per heavy atom. The highest BCUT2D eigenvalue weighted by Gasteiger charge is 2.22. The fourth-order valence-electron chi connectivity index (χ4n) is 0.907. The van der Waals surface area contributed by atoms with Crippen molar-refractivity contribution >= 4 is 10.4 Å². The molecule has 1 rings (SSSR count). The second kappa shape index (κ2) is 4.87. The van der Waals surface area contributed by atoms with Gasteiger partial charge in [0.25, 0.3) is 0 Å². The molecule has 0 saturated carbocycles. The van der Waals surface area contributed by atoms with Gasteiger partial charge in [-0.25, -0.2) is 8.37 Å². The van der Waals surface area contributed by atoms with Crippen LogP contribution < -0.4 is 5.32 Å². The summed E-state index contributed by atoms with van der Waals surface area (Å²) in [6.45, 7) is 3.12. The third kappa shape index (κ3) is 4.01. The molecule has 1 aliphatic heterocycles. The van der Waals surface area contributed by atoms with Gasteiger partial charge < -0.3 is 10.1 Å². The highest BCUT2D eigenvalue weighted by Crippen LogP contribution is 2.05. The molecule has 0 spiro atoms. The maximum Gasteiger partial charge on any atom is 0.402 e. The minimum atomic E-state index is -3.90. The molecular weight excluding hydrogens is 198 g/mol. The molecule has 1 unspecified atom stereocenters. The molecule has 7 heteroatoms. The molecular formula is C6H13NO5S. The van der Waals surface area contributed by atoms with Crippen LogP contribution in [0.15, 0.2) is 0 Å². The normalized spacial score (nSPS) is 24.5. The van der Waals surface area contributed by atoms with Crippen LogP contribution in [-0.4, -0.2) is 41.0 Å². The molecule has 0 amide bonds. The molecule has 0 aromatic heterocycles. The molecule has 0 aromatic rings. The van der Waals surface area contributed by atoms with Gasteiger partial charge in [0.05, 0.1) is 13.2 Å². The summed E-state index contributed by atoms with van der Waals surface area (Å²) in [4.78, 5) is 0. The lowest BCUT2D eigenvalue weighted by Crippen LogP contribution is -2.41. The minimum absolute atomic E-state index is 0.0580. The van der Waals surface area contributed by atoms with Crippen molar-refractivity contribution in [1.82, 2.24) is 5.32 Å². The fraction of sp³-hybridized carbons (Fsp3) is 1.00. The zero-order valence-corrected chi connectivity index (χ0v) is 8.17. The van der Waals surface area contributed by atoms with Crippen molar-refractivity contribution in [3.63, 3.8) is 0 Å². The third-order valence-corrected chi connectivity index (χ3v) is 2.36. The first kappa shape index (κ1) is 10.9. The van der Waals surface area contributed by atoms with Crippen LogP contribution in [0.4, 0.5) is 0 Å². The first-order chi connectivity index (χ1) is 6.14. The Hall–Kier alpha value is -0.210. The Balaban J connectivity index is 2.37. The number of nitrogens with one attached hydrogen (secondary N) is 1. The van der Waals surface area contributed by atoms with Gasteiger partial charge in [-0.05, 0) is 6.92 Å². The number of morpholine rings is 1. The van der Waals surface area contributed by atoms with E-state index in [0.717, 1.165) is 0 Å². The summed E-state index contributed by atoms with van der Waals surface area (Å²) in [6.07, 6.45) is -0.773. The molecule has 0 aromatic carbocycles. The predicted molar refractivity (Wildman–Crippen MR) is 44.2 cm³/mol. The second-order valence-electron chi connectivity index (χ2n) is 2.42. The standard InChI is InChI=1S/C6H13NO5S/c1-2-11-13(8,9)12-6-5-7-3-4-10-6/h6-7H,2-5H2,1H3. The van der Waals surface area contributed by atoms with Gasteiger partial charge in [-0.2, -0.15) is 8.42 Å². The van der Waals surface area contributed by atoms with Gasteiger partial charge in [0.1, 0.15) is 0 Å². The average molecular weight is 211 g/mol. The van der Waals surface area contributed by atoms with E-state index in [-0.39, 0.29) is 6.61 Å². The van der Waals surface area contributed by atoms with Crippen LogP contribution in [0.1, 0.15) is 6.92 Å². The summed E-state index contributed by atoms with van der Waals surface area (Å²) in [5.74, 6) is 0. The Kier molecular flexibility index (Phi) is 4.07. The molecule has 1 aliphatic rings. The largest absolute Gasteiger partial charge is 0.402 e. The van der Waals surface area contributed by atoms with Gasteiger partial charge in [0, 0.05) is 13.1 Å². The van der Waals surface area contributed by atoms with Gasteiger partial charge in [0.15, 0.2) is 6.29 Å². The molecule has 6 nitrogen and oxygen atoms in total. The molecule has 13 heavy (non-hydrogen) atoms. The van der Waals surface area contributed by atoms with Crippen molar-refractivity contribution in [2.45, 2.75) is 13.2 Å². The molecule has 1 heterocycles. The summed E-state index contributed by atoms with van der Waals surface area (Å²) < 4.78 is 35.9. The van der Waals surface area contributed by atoms with E-state index in [1.54, 1.807) is 6.92 Å². The zero-order chi connectivity index (χ0) is 9.73. The van der Waals surface area contributed by atoms with Crippen LogP contribution in [-0.2, 0) is 23.5 Å². The Labute approximate surface area is 77.5 Å². The monoisotopic (exact) mass is 211 g/mol. The van der Waals surface area contributed by atoms with Gasteiger partial charge in [-0.15, -0.1) is 0 Å². The van der Waals surface area contributed by atoms with Gasteiger partial charge >= 0.3 is 10.4 Å². The Bertz CT molecular complexity index is 233. The van der Waals surface area contributed by atoms with Crippen LogP contribution in [0.25, 0.3) is 0 Å². The number of rotatable bonds is 4. The van der Waals surface area contributed by atoms with E-state index in [1.807, 2.05) is 0 Å². The molecule has 0 radical (unpaired) electrons. The Morgan fingerprint density at radius 1 is 1.62 bits per heavy atom. The van der Waals surface area contributed by atoms with Crippen LogP contribution in [0, 0.1) is 0 Å². The van der Waals surface area contributed by atoms with Crippen molar-refractivity contribution in [3.05, 3.63) is 0 Å². The minimum Gasteiger partial charge on any atom is -0.349 e. The van der Waals surface area contributed by atoms with Gasteiger partial charge in [0.2, 0.25) is 0 Å². The van der Waals surface area contributed by atoms with Crippen molar-refractivity contribution < 1.29 is 21.5 Å². The van der Waals surface area contributed by atoms with Crippen molar-refractivity contribution in [3.8, 4) is 0 Å². The lowest BCUT2D eigenvalue weighted by molar-refractivity contribution is -0.0972. The average Bonchev–Trinajstić information content (AvgIpc) is 2.04. The van der Waals surface area contributed by atoms with Crippen LogP contribution >= 0.6 is 0 Å². The number of hydrogen-bond acceptors (Lipinski definition) is 6. The zero-order valence-electron chi connectivity index (χ0n) is 7.36. The summed E-state index contributed by atoms with van der Waals surface area (Å²) >= 11 is 0. The van der Waals surface area contributed by atoms with Gasteiger partial charge in [-0.1, -0.05) is 0 Å². The lowest BCUT2D eigenvalue weighted by atomic mass is 10.5. The molecule has 0 aliphatic carbocycles. The topological polar surface area (TPSA) is 73.9 Å². The fourth-order valence-corrected chi connectivity index (χ4v) is 1.64. The van der Waals surface area contributed by atoms with Gasteiger partial charge in [-0.3, -0.25) is 0 Å². The first-order valence-electron chi connectivity index (χ1n) is 4.04. The quantitative estimate of drug-likeness (QED) is 0.658. The van der Waals surface area contributed by atoms with Crippen molar-refractivity contribution in [1.29, 1.82) is 0 Å². The van der Waals surface area contributed by atoms with E-state index in [1.165, 1.54) is 0 Å². The Morgan fingerprint density at radius 3 is 2.92 bits per heavy atom. The summed E-state index contributed by atoms with van der Waals surface area (Å²) in [6, 6.07) is 0. The molecule has 1 fully saturated rings. The summed E-state index contributed by atoms with van der Waals surface area (Å²) in [5.41, 5.74) is 0. The third-order valence-electron chi connectivity index (χ3n) is 1.38. The van der Waals surface area contributed by atoms with E-state index in [9.17, 15) is 8.42 Å². The highest BCUT2D eigenvalue weighted by molar-refractivity contribution is 7.81. The second-order valence-corrected chi connectivity index (χ2v) is 3.66. The number of ether oxygens (including phenoxy) is 1. The van der Waals surface area contributed by atoms with Crippen molar-refractivity contribution in [2.75, 3.05) is 26.3 Å². The molecule has 78 valence electrons. The van der Waals surface area contributed by atoms with E-state index in [0.29, 0.717) is 19.7 Å². The van der Waals surface area contributed by atoms with Crippen molar-refractivity contribution in [2.24, 2.45) is 0 Å². The SMILES string of the molecule is CCOS(=O)(=O)OC1CNCCO1. The maximum atomic E-state index is 10.9. The van der Waals surface area contributed by atoms with Crippen LogP contribution in [0.2, 0.25) is 0 Å². The first-order valence-corrected chi connectivity index (χ1v) is 5.37. The summed E-state index contributed by atoms with van der Waals surface area (Å²) in [7, 11) is -3.90. The summed E-state index contributed by atoms with van der Waals surface area (Å²) in [5, 5.41) is 2.93. The molecule has 0 bridgehead atoms. The lowest BCUT2D eigenvalue weighted by Gasteiger charge is -2.22. The molecule has 1 atom stereocenters. The van der Waals surface area contributed by atoms with E-state index in [2.05, 4.69) is 13.7 Å². The van der Waals surface area contributed by atoms with E-state index >= 15 is 0 Å². The highest BCUT2D eigenvalue weighted by atomic mass is 32.3. The maximum absolute atomic E-state index is 10.9. The van der Waals surface area contributed by atoms with Crippen LogP contribution in [0.3, 0.4) is 0 Å². The van der Waals surface area contributed by atoms with E-state index < -0.39 is 16.7 Å². The number of hydrogen-bond donors (Lipinski definition) is 1. The molecule has 1 N–H and O–H groups in total. The van der Waals surface area contributed by atoms with E-state index in [4.69, 9.17) is 4.74 Å². The van der Waals surface area contributed by atoms with Crippen LogP contribution in [0.5, 0.6) is 0 Å². The molecule has 1 saturated heterocycles.